The third-order valence-corrected chi connectivity index (χ3v) is 5.17. The number of carbonyl (C=O) groups excluding carboxylic acids is 1. The van der Waals surface area contributed by atoms with Gasteiger partial charge in [0.25, 0.3) is 5.91 Å². The van der Waals surface area contributed by atoms with Crippen LogP contribution in [0.25, 0.3) is 16.4 Å². The number of hydrogen-bond donors (Lipinski definition) is 1. The van der Waals surface area contributed by atoms with E-state index in [1.54, 1.807) is 6.92 Å². The maximum atomic E-state index is 12.9. The van der Waals surface area contributed by atoms with Gasteiger partial charge in [0.15, 0.2) is 17.2 Å². The van der Waals surface area contributed by atoms with Crippen molar-refractivity contribution in [2.24, 2.45) is 5.92 Å². The quantitative estimate of drug-likeness (QED) is 0.567. The van der Waals surface area contributed by atoms with E-state index < -0.39 is 0 Å². The Labute approximate surface area is 160 Å². The van der Waals surface area contributed by atoms with E-state index >= 15 is 0 Å². The van der Waals surface area contributed by atoms with Crippen LogP contribution in [0.15, 0.2) is 46.3 Å². The number of thiophene rings is 1. The Morgan fingerprint density at radius 2 is 2.07 bits per heavy atom. The zero-order chi connectivity index (χ0) is 19.0. The molecule has 1 amide bonds. The standard InChI is InChI=1S/C19H19N5O2S/c1-11(2)15(17-23-22-14-8-4-5-9-24(14)17)20-18(25)16-12(3)26-19(21-16)13-7-6-10-27-13/h4-11,15H,1-3H3,(H,20,25)/t15-/m1/s1. The molecule has 0 aliphatic carbocycles. The van der Waals surface area contributed by atoms with Gasteiger partial charge in [0.05, 0.1) is 10.9 Å². The number of nitrogens with zero attached hydrogens (tertiary/aromatic N) is 4. The van der Waals surface area contributed by atoms with Crippen LogP contribution in [0.5, 0.6) is 0 Å². The fourth-order valence-corrected chi connectivity index (χ4v) is 3.57. The summed E-state index contributed by atoms with van der Waals surface area (Å²) in [6, 6.07) is 9.22. The highest BCUT2D eigenvalue weighted by Gasteiger charge is 2.27. The Morgan fingerprint density at radius 3 is 2.81 bits per heavy atom. The van der Waals surface area contributed by atoms with Crippen molar-refractivity contribution < 1.29 is 9.21 Å². The minimum atomic E-state index is -0.309. The fraction of sp³-hybridized carbons (Fsp3) is 0.263. The van der Waals surface area contributed by atoms with Crippen molar-refractivity contribution in [1.29, 1.82) is 0 Å². The number of aryl methyl sites for hydroxylation is 1. The van der Waals surface area contributed by atoms with Gasteiger partial charge >= 0.3 is 0 Å². The zero-order valence-corrected chi connectivity index (χ0v) is 16.0. The lowest BCUT2D eigenvalue weighted by Crippen LogP contribution is -2.33. The maximum absolute atomic E-state index is 12.9. The normalized spacial score (nSPS) is 12.6. The summed E-state index contributed by atoms with van der Waals surface area (Å²) in [5, 5.41) is 13.5. The van der Waals surface area contributed by atoms with Gasteiger partial charge in [-0.15, -0.1) is 21.5 Å². The zero-order valence-electron chi connectivity index (χ0n) is 15.2. The SMILES string of the molecule is Cc1oc(-c2cccs2)nc1C(=O)N[C@@H](c1nnc2ccccn12)C(C)C. The van der Waals surface area contributed by atoms with Crippen molar-refractivity contribution in [2.45, 2.75) is 26.8 Å². The van der Waals surface area contributed by atoms with Gasteiger partial charge in [-0.2, -0.15) is 0 Å². The first-order valence-electron chi connectivity index (χ1n) is 8.66. The molecule has 0 saturated heterocycles. The summed E-state index contributed by atoms with van der Waals surface area (Å²) in [5.74, 6) is 1.47. The predicted molar refractivity (Wildman–Crippen MR) is 103 cm³/mol. The van der Waals surface area contributed by atoms with Gasteiger partial charge in [-0.1, -0.05) is 26.0 Å². The highest BCUT2D eigenvalue weighted by molar-refractivity contribution is 7.13. The lowest BCUT2D eigenvalue weighted by Gasteiger charge is -2.20. The van der Waals surface area contributed by atoms with Crippen LogP contribution in [0.1, 0.15) is 42.0 Å². The summed E-state index contributed by atoms with van der Waals surface area (Å²) in [6.45, 7) is 5.80. The molecule has 0 aliphatic rings. The van der Waals surface area contributed by atoms with Crippen LogP contribution in [-0.4, -0.2) is 25.5 Å². The maximum Gasteiger partial charge on any atom is 0.274 e. The first-order valence-corrected chi connectivity index (χ1v) is 9.54. The third-order valence-electron chi connectivity index (χ3n) is 4.32. The van der Waals surface area contributed by atoms with Crippen molar-refractivity contribution in [3.05, 3.63) is 59.2 Å². The molecule has 4 rings (SSSR count). The first-order chi connectivity index (χ1) is 13.0. The van der Waals surface area contributed by atoms with Crippen LogP contribution in [0, 0.1) is 12.8 Å². The second kappa shape index (κ2) is 6.96. The number of oxazole rings is 1. The largest absolute Gasteiger partial charge is 0.440 e. The van der Waals surface area contributed by atoms with Gasteiger partial charge in [0.1, 0.15) is 5.76 Å². The molecule has 27 heavy (non-hydrogen) atoms. The monoisotopic (exact) mass is 381 g/mol. The molecule has 1 atom stereocenters. The van der Waals surface area contributed by atoms with E-state index in [2.05, 4.69) is 20.5 Å². The molecule has 0 radical (unpaired) electrons. The molecule has 0 spiro atoms. The van der Waals surface area contributed by atoms with Gasteiger partial charge in [0.2, 0.25) is 5.89 Å². The number of amides is 1. The molecular weight excluding hydrogens is 362 g/mol. The minimum absolute atomic E-state index is 0.116. The molecule has 0 aliphatic heterocycles. The molecular formula is C19H19N5O2S. The fourth-order valence-electron chi connectivity index (χ4n) is 2.92. The number of rotatable bonds is 5. The van der Waals surface area contributed by atoms with Gasteiger partial charge < -0.3 is 9.73 Å². The number of carbonyl (C=O) groups is 1. The van der Waals surface area contributed by atoms with Crippen molar-refractivity contribution in [2.75, 3.05) is 0 Å². The van der Waals surface area contributed by atoms with E-state index in [1.165, 1.54) is 11.3 Å². The minimum Gasteiger partial charge on any atom is -0.440 e. The molecule has 4 aromatic rings. The summed E-state index contributed by atoms with van der Waals surface area (Å²) in [4.78, 5) is 18.2. The molecule has 0 saturated carbocycles. The van der Waals surface area contributed by atoms with Gasteiger partial charge in [0, 0.05) is 6.20 Å². The smallest absolute Gasteiger partial charge is 0.274 e. The summed E-state index contributed by atoms with van der Waals surface area (Å²) >= 11 is 1.52. The molecule has 0 aromatic carbocycles. The Hall–Kier alpha value is -3.00. The summed E-state index contributed by atoms with van der Waals surface area (Å²) in [6.07, 6.45) is 1.89. The predicted octanol–water partition coefficient (Wildman–Crippen LogP) is 3.88. The van der Waals surface area contributed by atoms with Crippen molar-refractivity contribution >= 4 is 22.9 Å². The second-order valence-electron chi connectivity index (χ2n) is 6.58. The van der Waals surface area contributed by atoms with Crippen LogP contribution in [-0.2, 0) is 0 Å². The molecule has 7 nitrogen and oxygen atoms in total. The van der Waals surface area contributed by atoms with Crippen molar-refractivity contribution in [1.82, 2.24) is 24.9 Å². The summed E-state index contributed by atoms with van der Waals surface area (Å²) in [5.41, 5.74) is 1.03. The number of pyridine rings is 1. The van der Waals surface area contributed by atoms with Gasteiger partial charge in [-0.3, -0.25) is 9.20 Å². The second-order valence-corrected chi connectivity index (χ2v) is 7.53. The highest BCUT2D eigenvalue weighted by Crippen LogP contribution is 2.27. The molecule has 0 bridgehead atoms. The van der Waals surface area contributed by atoms with E-state index in [9.17, 15) is 4.79 Å². The lowest BCUT2D eigenvalue weighted by atomic mass is 10.0. The van der Waals surface area contributed by atoms with E-state index in [1.807, 2.05) is 60.2 Å². The number of aromatic nitrogens is 4. The average molecular weight is 381 g/mol. The molecule has 4 aromatic heterocycles. The Balaban J connectivity index is 1.64. The molecule has 1 N–H and O–H groups in total. The van der Waals surface area contributed by atoms with E-state index in [-0.39, 0.29) is 23.6 Å². The van der Waals surface area contributed by atoms with Crippen LogP contribution < -0.4 is 5.32 Å². The van der Waals surface area contributed by atoms with Crippen LogP contribution in [0.4, 0.5) is 0 Å². The molecule has 138 valence electrons. The molecule has 8 heteroatoms. The van der Waals surface area contributed by atoms with E-state index in [0.29, 0.717) is 17.5 Å². The molecule has 4 heterocycles. The van der Waals surface area contributed by atoms with Crippen molar-refractivity contribution in [3.8, 4) is 10.8 Å². The van der Waals surface area contributed by atoms with Crippen LogP contribution >= 0.6 is 11.3 Å². The Bertz CT molecular complexity index is 1080. The van der Waals surface area contributed by atoms with E-state index in [4.69, 9.17) is 4.42 Å². The molecule has 0 fully saturated rings. The third kappa shape index (κ3) is 3.23. The van der Waals surface area contributed by atoms with E-state index in [0.717, 1.165) is 10.5 Å². The van der Waals surface area contributed by atoms with Crippen LogP contribution in [0.2, 0.25) is 0 Å². The molecule has 0 unspecified atom stereocenters. The Morgan fingerprint density at radius 1 is 1.22 bits per heavy atom. The van der Waals surface area contributed by atoms with Crippen molar-refractivity contribution in [3.63, 3.8) is 0 Å². The number of nitrogens with one attached hydrogen (secondary N) is 1. The summed E-state index contributed by atoms with van der Waals surface area (Å²) < 4.78 is 7.58. The summed E-state index contributed by atoms with van der Waals surface area (Å²) in [7, 11) is 0. The average Bonchev–Trinajstić information content (AvgIpc) is 3.38. The van der Waals surface area contributed by atoms with Crippen LogP contribution in [0.3, 0.4) is 0 Å². The topological polar surface area (TPSA) is 85.3 Å². The first kappa shape index (κ1) is 17.4. The van der Waals surface area contributed by atoms with Gasteiger partial charge in [-0.05, 0) is 36.4 Å². The van der Waals surface area contributed by atoms with Gasteiger partial charge in [-0.25, -0.2) is 4.98 Å². The number of hydrogen-bond acceptors (Lipinski definition) is 6. The number of fused-ring (bicyclic) bond motifs is 1. The lowest BCUT2D eigenvalue weighted by molar-refractivity contribution is 0.0917. The highest BCUT2D eigenvalue weighted by atomic mass is 32.1. The Kier molecular flexibility index (Phi) is 4.49.